The van der Waals surface area contributed by atoms with Crippen molar-refractivity contribution in [2.24, 2.45) is 0 Å². The first-order valence-corrected chi connectivity index (χ1v) is 7.21. The quantitative estimate of drug-likeness (QED) is 0.583. The lowest BCUT2D eigenvalue weighted by Gasteiger charge is -2.12. The molecule has 0 aliphatic carbocycles. The lowest BCUT2D eigenvalue weighted by atomic mass is 10.2. The Labute approximate surface area is 124 Å². The maximum Gasteiger partial charge on any atom is 0.251 e. The molecule has 4 N–H and O–H groups in total. The number of nitrogens with one attached hydrogen (secondary N) is 2. The number of aliphatic hydroxyl groups is 2. The number of amides is 1. The van der Waals surface area contributed by atoms with Crippen LogP contribution in [-0.4, -0.2) is 54.6 Å². The molecule has 1 fully saturated rings. The Morgan fingerprint density at radius 3 is 2.76 bits per heavy atom. The van der Waals surface area contributed by atoms with Gasteiger partial charge in [0.15, 0.2) is 0 Å². The highest BCUT2D eigenvalue weighted by Gasteiger charge is 2.16. The van der Waals surface area contributed by atoms with E-state index in [1.807, 2.05) is 0 Å². The van der Waals surface area contributed by atoms with E-state index in [0.717, 1.165) is 25.1 Å². The van der Waals surface area contributed by atoms with Crippen molar-refractivity contribution in [3.8, 4) is 0 Å². The molecular formula is C15H22N2O4. The lowest BCUT2D eigenvalue weighted by Crippen LogP contribution is -2.31. The molecule has 0 saturated carbocycles. The zero-order valence-corrected chi connectivity index (χ0v) is 11.9. The van der Waals surface area contributed by atoms with Crippen molar-refractivity contribution in [2.45, 2.75) is 25.0 Å². The average Bonchev–Trinajstić information content (AvgIpc) is 3.04. The van der Waals surface area contributed by atoms with Crippen molar-refractivity contribution >= 4 is 11.6 Å². The Hall–Kier alpha value is -1.63. The van der Waals surface area contributed by atoms with Crippen molar-refractivity contribution in [1.82, 2.24) is 5.32 Å². The summed E-state index contributed by atoms with van der Waals surface area (Å²) in [5, 5.41) is 23.8. The first kappa shape index (κ1) is 15.8. The molecule has 6 heteroatoms. The molecule has 1 heterocycles. The summed E-state index contributed by atoms with van der Waals surface area (Å²) in [7, 11) is 0. The topological polar surface area (TPSA) is 90.8 Å². The maximum absolute atomic E-state index is 12.0. The number of carbonyl (C=O) groups excluding carboxylic acids is 1. The van der Waals surface area contributed by atoms with Gasteiger partial charge in [-0.15, -0.1) is 0 Å². The number of aliphatic hydroxyl groups excluding tert-OH is 2. The van der Waals surface area contributed by atoms with Crippen LogP contribution in [0.25, 0.3) is 0 Å². The van der Waals surface area contributed by atoms with Crippen LogP contribution in [0.2, 0.25) is 0 Å². The molecule has 1 amide bonds. The molecule has 0 bridgehead atoms. The Kier molecular flexibility index (Phi) is 5.98. The van der Waals surface area contributed by atoms with Gasteiger partial charge in [0, 0.05) is 30.9 Å². The van der Waals surface area contributed by atoms with Crippen molar-refractivity contribution in [2.75, 3.05) is 31.6 Å². The summed E-state index contributed by atoms with van der Waals surface area (Å²) in [5.41, 5.74) is 1.37. The molecule has 1 aliphatic rings. The summed E-state index contributed by atoms with van der Waals surface area (Å²) in [6.07, 6.45) is 1.39. The molecule has 2 atom stereocenters. The van der Waals surface area contributed by atoms with Crippen molar-refractivity contribution in [1.29, 1.82) is 0 Å². The van der Waals surface area contributed by atoms with Gasteiger partial charge in [-0.05, 0) is 37.1 Å². The zero-order valence-electron chi connectivity index (χ0n) is 11.9. The van der Waals surface area contributed by atoms with Gasteiger partial charge >= 0.3 is 0 Å². The van der Waals surface area contributed by atoms with Gasteiger partial charge in [0.25, 0.3) is 5.91 Å². The highest BCUT2D eigenvalue weighted by molar-refractivity contribution is 5.94. The minimum atomic E-state index is -0.792. The van der Waals surface area contributed by atoms with E-state index >= 15 is 0 Å². The Balaban J connectivity index is 1.78. The third kappa shape index (κ3) is 5.00. The van der Waals surface area contributed by atoms with Crippen LogP contribution in [0.5, 0.6) is 0 Å². The molecule has 2 rings (SSSR count). The largest absolute Gasteiger partial charge is 0.394 e. The highest BCUT2D eigenvalue weighted by Crippen LogP contribution is 2.12. The minimum Gasteiger partial charge on any atom is -0.394 e. The first-order valence-electron chi connectivity index (χ1n) is 7.21. The predicted octanol–water partition coefficient (Wildman–Crippen LogP) is 0.360. The predicted molar refractivity (Wildman–Crippen MR) is 79.3 cm³/mol. The second-order valence-corrected chi connectivity index (χ2v) is 5.14. The second-order valence-electron chi connectivity index (χ2n) is 5.14. The third-order valence-corrected chi connectivity index (χ3v) is 3.41. The molecule has 0 aromatic heterocycles. The van der Waals surface area contributed by atoms with E-state index in [1.165, 1.54) is 0 Å². The Morgan fingerprint density at radius 2 is 2.14 bits per heavy atom. The van der Waals surface area contributed by atoms with Crippen LogP contribution in [0.1, 0.15) is 23.2 Å². The minimum absolute atomic E-state index is 0.118. The second kappa shape index (κ2) is 7.97. The monoisotopic (exact) mass is 294 g/mol. The molecule has 0 spiro atoms. The van der Waals surface area contributed by atoms with Crippen LogP contribution in [0.15, 0.2) is 24.3 Å². The molecule has 21 heavy (non-hydrogen) atoms. The molecule has 2 unspecified atom stereocenters. The third-order valence-electron chi connectivity index (χ3n) is 3.41. The number of hydrogen-bond acceptors (Lipinski definition) is 5. The normalized spacial score (nSPS) is 19.2. The summed E-state index contributed by atoms with van der Waals surface area (Å²) >= 11 is 0. The fraction of sp³-hybridized carbons (Fsp3) is 0.533. The van der Waals surface area contributed by atoms with E-state index in [0.29, 0.717) is 12.1 Å². The molecular weight excluding hydrogens is 272 g/mol. The zero-order chi connectivity index (χ0) is 15.1. The standard InChI is InChI=1S/C15H22N2O4/c18-10-13(19)8-16-12-5-3-11(4-6-12)15(20)17-9-14-2-1-7-21-14/h3-6,13-14,16,18-19H,1-2,7-10H2,(H,17,20). The van der Waals surface area contributed by atoms with Crippen LogP contribution in [-0.2, 0) is 4.74 Å². The molecule has 0 radical (unpaired) electrons. The molecule has 1 saturated heterocycles. The molecule has 1 aromatic rings. The molecule has 116 valence electrons. The maximum atomic E-state index is 12.0. The summed E-state index contributed by atoms with van der Waals surface area (Å²) in [6, 6.07) is 6.98. The van der Waals surface area contributed by atoms with Crippen LogP contribution >= 0.6 is 0 Å². The van der Waals surface area contributed by atoms with E-state index in [-0.39, 0.29) is 25.2 Å². The number of rotatable bonds is 7. The van der Waals surface area contributed by atoms with Gasteiger partial charge in [0.2, 0.25) is 0 Å². The number of benzene rings is 1. The smallest absolute Gasteiger partial charge is 0.251 e. The number of anilines is 1. The van der Waals surface area contributed by atoms with Crippen molar-refractivity contribution in [3.63, 3.8) is 0 Å². The van der Waals surface area contributed by atoms with Gasteiger partial charge in [-0.25, -0.2) is 0 Å². The van der Waals surface area contributed by atoms with E-state index in [2.05, 4.69) is 10.6 Å². The van der Waals surface area contributed by atoms with E-state index < -0.39 is 6.10 Å². The van der Waals surface area contributed by atoms with E-state index in [9.17, 15) is 9.90 Å². The fourth-order valence-corrected chi connectivity index (χ4v) is 2.15. The molecule has 1 aromatic carbocycles. The number of carbonyl (C=O) groups is 1. The van der Waals surface area contributed by atoms with E-state index in [1.54, 1.807) is 24.3 Å². The number of hydrogen-bond donors (Lipinski definition) is 4. The van der Waals surface area contributed by atoms with E-state index in [4.69, 9.17) is 9.84 Å². The van der Waals surface area contributed by atoms with Gasteiger partial charge in [-0.2, -0.15) is 0 Å². The van der Waals surface area contributed by atoms with Gasteiger partial charge < -0.3 is 25.6 Å². The van der Waals surface area contributed by atoms with Crippen LogP contribution in [0, 0.1) is 0 Å². The van der Waals surface area contributed by atoms with Crippen molar-refractivity contribution < 1.29 is 19.7 Å². The molecule has 1 aliphatic heterocycles. The lowest BCUT2D eigenvalue weighted by molar-refractivity contribution is 0.0858. The average molecular weight is 294 g/mol. The Bertz CT molecular complexity index is 443. The highest BCUT2D eigenvalue weighted by atomic mass is 16.5. The summed E-state index contributed by atoms with van der Waals surface area (Å²) in [5.74, 6) is -0.118. The first-order chi connectivity index (χ1) is 10.2. The van der Waals surface area contributed by atoms with Gasteiger partial charge in [-0.3, -0.25) is 4.79 Å². The van der Waals surface area contributed by atoms with Gasteiger partial charge in [-0.1, -0.05) is 0 Å². The summed E-state index contributed by atoms with van der Waals surface area (Å²) in [4.78, 5) is 12.0. The fourth-order valence-electron chi connectivity index (χ4n) is 2.15. The summed E-state index contributed by atoms with van der Waals surface area (Å²) < 4.78 is 5.45. The number of ether oxygens (including phenoxy) is 1. The Morgan fingerprint density at radius 1 is 1.38 bits per heavy atom. The van der Waals surface area contributed by atoms with Crippen LogP contribution in [0.3, 0.4) is 0 Å². The van der Waals surface area contributed by atoms with Crippen LogP contribution in [0.4, 0.5) is 5.69 Å². The van der Waals surface area contributed by atoms with Crippen molar-refractivity contribution in [3.05, 3.63) is 29.8 Å². The van der Waals surface area contributed by atoms with Crippen LogP contribution < -0.4 is 10.6 Å². The molecule has 6 nitrogen and oxygen atoms in total. The summed E-state index contributed by atoms with van der Waals surface area (Å²) in [6.45, 7) is 1.31. The SMILES string of the molecule is O=C(NCC1CCCO1)c1ccc(NCC(O)CO)cc1. The van der Waals surface area contributed by atoms with Gasteiger partial charge in [0.1, 0.15) is 0 Å². The van der Waals surface area contributed by atoms with Gasteiger partial charge in [0.05, 0.1) is 18.8 Å².